The Hall–Kier alpha value is -1.92. The molecule has 0 aliphatic heterocycles. The Morgan fingerprint density at radius 2 is 2.25 bits per heavy atom. The second-order valence-corrected chi connectivity index (χ2v) is 5.10. The number of aliphatic carboxylic acids is 1. The van der Waals surface area contributed by atoms with Crippen molar-refractivity contribution in [3.63, 3.8) is 0 Å². The minimum absolute atomic E-state index is 0.0521. The van der Waals surface area contributed by atoms with E-state index in [2.05, 4.69) is 10.3 Å². The average molecular weight is 292 g/mol. The molecule has 0 fully saturated rings. The number of benzene rings is 1. The third-order valence-electron chi connectivity index (χ3n) is 2.72. The van der Waals surface area contributed by atoms with Crippen molar-refractivity contribution < 1.29 is 14.6 Å². The van der Waals surface area contributed by atoms with Crippen molar-refractivity contribution >= 4 is 28.1 Å². The first-order valence-electron chi connectivity index (χ1n) is 6.19. The summed E-state index contributed by atoms with van der Waals surface area (Å²) in [5.41, 5.74) is 2.68. The molecule has 0 aliphatic carbocycles. The Bertz CT molecular complexity index is 583. The third-order valence-corrected chi connectivity index (χ3v) is 3.53. The number of nitrogens with one attached hydrogen (secondary N) is 1. The van der Waals surface area contributed by atoms with Gasteiger partial charge in [-0.3, -0.25) is 4.79 Å². The van der Waals surface area contributed by atoms with Crippen LogP contribution in [0.5, 0.6) is 0 Å². The molecular weight excluding hydrogens is 276 g/mol. The zero-order valence-electron chi connectivity index (χ0n) is 11.1. The number of carboxylic acid groups (broad SMARTS) is 1. The van der Waals surface area contributed by atoms with Gasteiger partial charge in [0.15, 0.2) is 5.13 Å². The monoisotopic (exact) mass is 292 g/mol. The van der Waals surface area contributed by atoms with Crippen LogP contribution >= 0.6 is 11.3 Å². The van der Waals surface area contributed by atoms with E-state index in [4.69, 9.17) is 9.84 Å². The van der Waals surface area contributed by atoms with Gasteiger partial charge in [0.05, 0.1) is 18.7 Å². The number of ether oxygens (including phenoxy) is 1. The standard InChI is InChI=1S/C14H16N2O3S/c1-19-7-6-10-4-2-3-5-12(10)16-14-15-11(9-20-14)8-13(17)18/h2-5,9H,6-8H2,1H3,(H,15,16)(H,17,18). The first kappa shape index (κ1) is 14.5. The molecule has 0 amide bonds. The topological polar surface area (TPSA) is 71.5 Å². The predicted octanol–water partition coefficient (Wildman–Crippen LogP) is 2.70. The van der Waals surface area contributed by atoms with Gasteiger partial charge in [-0.25, -0.2) is 4.98 Å². The summed E-state index contributed by atoms with van der Waals surface area (Å²) in [6.45, 7) is 0.654. The van der Waals surface area contributed by atoms with Gasteiger partial charge in [0.2, 0.25) is 0 Å². The van der Waals surface area contributed by atoms with E-state index in [0.29, 0.717) is 17.4 Å². The number of para-hydroxylation sites is 1. The normalized spacial score (nSPS) is 10.4. The highest BCUT2D eigenvalue weighted by molar-refractivity contribution is 7.13. The van der Waals surface area contributed by atoms with Crippen LogP contribution in [0.3, 0.4) is 0 Å². The lowest BCUT2D eigenvalue weighted by Crippen LogP contribution is -2.01. The summed E-state index contributed by atoms with van der Waals surface area (Å²) in [5.74, 6) is -0.873. The minimum atomic E-state index is -0.873. The first-order valence-corrected chi connectivity index (χ1v) is 7.07. The molecule has 0 saturated carbocycles. The van der Waals surface area contributed by atoms with E-state index in [1.165, 1.54) is 11.3 Å². The lowest BCUT2D eigenvalue weighted by atomic mass is 10.1. The summed E-state index contributed by atoms with van der Waals surface area (Å²) in [6.07, 6.45) is 0.760. The van der Waals surface area contributed by atoms with E-state index in [9.17, 15) is 4.79 Å². The lowest BCUT2D eigenvalue weighted by molar-refractivity contribution is -0.136. The van der Waals surface area contributed by atoms with Crippen LogP contribution in [0, 0.1) is 0 Å². The van der Waals surface area contributed by atoms with Gasteiger partial charge in [-0.05, 0) is 18.1 Å². The fourth-order valence-corrected chi connectivity index (χ4v) is 2.51. The van der Waals surface area contributed by atoms with Crippen molar-refractivity contribution in [1.29, 1.82) is 0 Å². The molecule has 2 aromatic rings. The number of rotatable bonds is 7. The lowest BCUT2D eigenvalue weighted by Gasteiger charge is -2.09. The molecule has 1 aromatic heterocycles. The molecule has 20 heavy (non-hydrogen) atoms. The molecule has 2 N–H and O–H groups in total. The number of anilines is 2. The highest BCUT2D eigenvalue weighted by Gasteiger charge is 2.08. The van der Waals surface area contributed by atoms with Crippen LogP contribution < -0.4 is 5.32 Å². The summed E-state index contributed by atoms with van der Waals surface area (Å²) in [5, 5.41) is 14.4. The molecule has 0 spiro atoms. The Morgan fingerprint density at radius 3 is 3.00 bits per heavy atom. The summed E-state index contributed by atoms with van der Waals surface area (Å²) in [7, 11) is 1.68. The van der Waals surface area contributed by atoms with E-state index in [0.717, 1.165) is 17.7 Å². The predicted molar refractivity (Wildman–Crippen MR) is 78.8 cm³/mol. The number of aromatic nitrogens is 1. The summed E-state index contributed by atoms with van der Waals surface area (Å²) in [4.78, 5) is 14.9. The average Bonchev–Trinajstić information content (AvgIpc) is 2.84. The molecule has 106 valence electrons. The molecule has 0 atom stereocenters. The summed E-state index contributed by atoms with van der Waals surface area (Å²) in [6, 6.07) is 7.94. The molecule has 1 heterocycles. The van der Waals surface area contributed by atoms with Crippen molar-refractivity contribution in [2.24, 2.45) is 0 Å². The van der Waals surface area contributed by atoms with E-state index in [1.54, 1.807) is 12.5 Å². The maximum Gasteiger partial charge on any atom is 0.309 e. The molecule has 2 rings (SSSR count). The second kappa shape index (κ2) is 7.02. The van der Waals surface area contributed by atoms with Crippen LogP contribution in [0.15, 0.2) is 29.6 Å². The van der Waals surface area contributed by atoms with Crippen molar-refractivity contribution in [3.8, 4) is 0 Å². The Balaban J connectivity index is 2.09. The number of methoxy groups -OCH3 is 1. The molecule has 5 nitrogen and oxygen atoms in total. The molecule has 0 bridgehead atoms. The van der Waals surface area contributed by atoms with Gasteiger partial charge in [0, 0.05) is 18.2 Å². The number of hydrogen-bond acceptors (Lipinski definition) is 5. The van der Waals surface area contributed by atoms with Crippen molar-refractivity contribution in [2.45, 2.75) is 12.8 Å². The van der Waals surface area contributed by atoms with Crippen LogP contribution in [-0.2, 0) is 22.4 Å². The van der Waals surface area contributed by atoms with E-state index < -0.39 is 5.97 Å². The SMILES string of the molecule is COCCc1ccccc1Nc1nc(CC(=O)O)cs1. The van der Waals surface area contributed by atoms with Crippen LogP contribution in [0.1, 0.15) is 11.3 Å². The summed E-state index contributed by atoms with van der Waals surface area (Å²) < 4.78 is 5.09. The molecular formula is C14H16N2O3S. The number of thiazole rings is 1. The van der Waals surface area contributed by atoms with E-state index in [-0.39, 0.29) is 6.42 Å². The molecule has 6 heteroatoms. The van der Waals surface area contributed by atoms with Crippen LogP contribution in [-0.4, -0.2) is 29.8 Å². The van der Waals surface area contributed by atoms with Crippen molar-refractivity contribution in [2.75, 3.05) is 19.0 Å². The van der Waals surface area contributed by atoms with Gasteiger partial charge >= 0.3 is 5.97 Å². The van der Waals surface area contributed by atoms with Gasteiger partial charge in [0.1, 0.15) is 0 Å². The largest absolute Gasteiger partial charge is 0.481 e. The van der Waals surface area contributed by atoms with E-state index in [1.807, 2.05) is 24.3 Å². The Morgan fingerprint density at radius 1 is 1.45 bits per heavy atom. The van der Waals surface area contributed by atoms with Gasteiger partial charge < -0.3 is 15.2 Å². The number of carboxylic acids is 1. The van der Waals surface area contributed by atoms with Crippen molar-refractivity contribution in [3.05, 3.63) is 40.9 Å². The zero-order valence-corrected chi connectivity index (χ0v) is 11.9. The smallest absolute Gasteiger partial charge is 0.309 e. The van der Waals surface area contributed by atoms with Gasteiger partial charge in [0.25, 0.3) is 0 Å². The van der Waals surface area contributed by atoms with Crippen molar-refractivity contribution in [1.82, 2.24) is 4.98 Å². The maximum absolute atomic E-state index is 10.6. The molecule has 0 aliphatic rings. The van der Waals surface area contributed by atoms with E-state index >= 15 is 0 Å². The molecule has 0 unspecified atom stereocenters. The van der Waals surface area contributed by atoms with Crippen LogP contribution in [0.4, 0.5) is 10.8 Å². The molecule has 0 radical (unpaired) electrons. The molecule has 0 saturated heterocycles. The Labute approximate surface area is 121 Å². The highest BCUT2D eigenvalue weighted by atomic mass is 32.1. The molecule has 1 aromatic carbocycles. The minimum Gasteiger partial charge on any atom is -0.481 e. The zero-order chi connectivity index (χ0) is 14.4. The second-order valence-electron chi connectivity index (χ2n) is 4.24. The fraction of sp³-hybridized carbons (Fsp3) is 0.286. The van der Waals surface area contributed by atoms with Gasteiger partial charge in [-0.1, -0.05) is 18.2 Å². The third kappa shape index (κ3) is 4.04. The number of nitrogens with zero attached hydrogens (tertiary/aromatic N) is 1. The number of hydrogen-bond donors (Lipinski definition) is 2. The van der Waals surface area contributed by atoms with Gasteiger partial charge in [-0.2, -0.15) is 0 Å². The maximum atomic E-state index is 10.6. The summed E-state index contributed by atoms with van der Waals surface area (Å²) >= 11 is 1.40. The number of carbonyl (C=O) groups is 1. The quantitative estimate of drug-likeness (QED) is 0.821. The first-order chi connectivity index (χ1) is 9.69. The fourth-order valence-electron chi connectivity index (χ4n) is 1.79. The van der Waals surface area contributed by atoms with Crippen LogP contribution in [0.2, 0.25) is 0 Å². The Kier molecular flexibility index (Phi) is 5.09. The van der Waals surface area contributed by atoms with Gasteiger partial charge in [-0.15, -0.1) is 11.3 Å². The van der Waals surface area contributed by atoms with Crippen LogP contribution in [0.25, 0.3) is 0 Å². The highest BCUT2D eigenvalue weighted by Crippen LogP contribution is 2.24.